The number of fused-ring (bicyclic) bond motifs is 2. The molecule has 0 spiro atoms. The second-order valence-electron chi connectivity index (χ2n) is 8.35. The van der Waals surface area contributed by atoms with Crippen molar-refractivity contribution in [3.8, 4) is 0 Å². The van der Waals surface area contributed by atoms with Crippen LogP contribution in [0.5, 0.6) is 0 Å². The Kier molecular flexibility index (Phi) is 2.88. The summed E-state index contributed by atoms with van der Waals surface area (Å²) < 4.78 is 0. The normalized spacial score (nSPS) is 12.8. The summed E-state index contributed by atoms with van der Waals surface area (Å²) in [5, 5.41) is 9.17. The quantitative estimate of drug-likeness (QED) is 0.246. The van der Waals surface area contributed by atoms with Crippen LogP contribution in [-0.2, 0) is 6.42 Å². The molecule has 0 aliphatic carbocycles. The Morgan fingerprint density at radius 3 is 2.28 bits per heavy atom. The highest BCUT2D eigenvalue weighted by molar-refractivity contribution is 6.31. The third-order valence-electron chi connectivity index (χ3n) is 5.11. The fraction of sp³-hybridized carbons (Fsp3) is 0.208. The molecule has 5 aromatic rings. The first-order valence-electron chi connectivity index (χ1n) is 8.95. The first kappa shape index (κ1) is 14.7. The predicted molar refractivity (Wildman–Crippen MR) is 109 cm³/mol. The summed E-state index contributed by atoms with van der Waals surface area (Å²) in [7, 11) is 0. The zero-order valence-electron chi connectivity index (χ0n) is 14.9. The van der Waals surface area contributed by atoms with Gasteiger partial charge in [0.25, 0.3) is 0 Å². The van der Waals surface area contributed by atoms with E-state index in [1.165, 1.54) is 43.3 Å². The molecule has 0 amide bonds. The maximum absolute atomic E-state index is 4.77. The van der Waals surface area contributed by atoms with Gasteiger partial charge in [0, 0.05) is 17.0 Å². The van der Waals surface area contributed by atoms with Gasteiger partial charge in [0.1, 0.15) is 0 Å². The fourth-order valence-corrected chi connectivity index (χ4v) is 4.27. The van der Waals surface area contributed by atoms with E-state index in [9.17, 15) is 0 Å². The van der Waals surface area contributed by atoms with E-state index in [4.69, 9.17) is 4.98 Å². The molecule has 1 heteroatoms. The van der Waals surface area contributed by atoms with Crippen LogP contribution in [0.25, 0.3) is 43.2 Å². The molecule has 0 fully saturated rings. The highest BCUT2D eigenvalue weighted by Crippen LogP contribution is 2.40. The van der Waals surface area contributed by atoms with Crippen molar-refractivity contribution in [2.24, 2.45) is 5.41 Å². The molecule has 0 aliphatic heterocycles. The van der Waals surface area contributed by atoms with E-state index < -0.39 is 0 Å². The van der Waals surface area contributed by atoms with E-state index in [0.717, 1.165) is 11.9 Å². The number of nitrogens with zero attached hydrogens (tertiary/aromatic N) is 1. The van der Waals surface area contributed by atoms with Crippen molar-refractivity contribution >= 4 is 43.2 Å². The van der Waals surface area contributed by atoms with E-state index in [1.807, 2.05) is 6.20 Å². The molecule has 122 valence electrons. The van der Waals surface area contributed by atoms with Gasteiger partial charge >= 0.3 is 0 Å². The zero-order valence-corrected chi connectivity index (χ0v) is 14.9. The monoisotopic (exact) mass is 323 g/mol. The lowest BCUT2D eigenvalue weighted by Crippen LogP contribution is -2.09. The molecule has 0 aliphatic rings. The predicted octanol–water partition coefficient (Wildman–Crippen LogP) is 6.72. The lowest BCUT2D eigenvalue weighted by atomic mass is 9.85. The molecule has 5 rings (SSSR count). The number of hydrogen-bond acceptors (Lipinski definition) is 1. The standard InChI is InChI=1S/C24H21N/c1-24(2,3)14-15-12-17-10-11-25-23-19-9-5-7-16-6-4-8-18(21(16)19)20(13-15)22(17)23/h4-13H,14H2,1-3H3. The van der Waals surface area contributed by atoms with Crippen molar-refractivity contribution in [3.05, 3.63) is 66.4 Å². The fourth-order valence-electron chi connectivity index (χ4n) is 4.27. The van der Waals surface area contributed by atoms with Crippen LogP contribution < -0.4 is 0 Å². The minimum absolute atomic E-state index is 0.273. The molecule has 25 heavy (non-hydrogen) atoms. The Hall–Kier alpha value is -2.67. The van der Waals surface area contributed by atoms with Gasteiger partial charge in [-0.25, -0.2) is 0 Å². The van der Waals surface area contributed by atoms with Gasteiger partial charge in [0.15, 0.2) is 0 Å². The Morgan fingerprint density at radius 2 is 1.52 bits per heavy atom. The molecule has 0 saturated heterocycles. The third kappa shape index (κ3) is 2.19. The molecule has 0 N–H and O–H groups in total. The van der Waals surface area contributed by atoms with Gasteiger partial charge in [0.2, 0.25) is 0 Å². The van der Waals surface area contributed by atoms with Crippen molar-refractivity contribution in [2.75, 3.05) is 0 Å². The van der Waals surface area contributed by atoms with Crippen molar-refractivity contribution in [2.45, 2.75) is 27.2 Å². The van der Waals surface area contributed by atoms with Gasteiger partial charge in [-0.3, -0.25) is 4.98 Å². The van der Waals surface area contributed by atoms with Crippen LogP contribution in [0.2, 0.25) is 0 Å². The number of benzene rings is 4. The molecular formula is C24H21N. The summed E-state index contributed by atoms with van der Waals surface area (Å²) >= 11 is 0. The van der Waals surface area contributed by atoms with Gasteiger partial charge in [-0.05, 0) is 50.4 Å². The van der Waals surface area contributed by atoms with Crippen LogP contribution in [0.3, 0.4) is 0 Å². The smallest absolute Gasteiger partial charge is 0.0792 e. The number of pyridine rings is 1. The molecule has 1 aromatic heterocycles. The van der Waals surface area contributed by atoms with E-state index in [2.05, 4.69) is 75.4 Å². The van der Waals surface area contributed by atoms with Crippen molar-refractivity contribution in [1.29, 1.82) is 0 Å². The summed E-state index contributed by atoms with van der Waals surface area (Å²) in [5.41, 5.74) is 2.80. The molecule has 0 atom stereocenters. The van der Waals surface area contributed by atoms with E-state index >= 15 is 0 Å². The highest BCUT2D eigenvalue weighted by atomic mass is 14.7. The van der Waals surface area contributed by atoms with Gasteiger partial charge in [-0.2, -0.15) is 0 Å². The third-order valence-corrected chi connectivity index (χ3v) is 5.11. The topological polar surface area (TPSA) is 12.9 Å². The van der Waals surface area contributed by atoms with Crippen LogP contribution >= 0.6 is 0 Å². The summed E-state index contributed by atoms with van der Waals surface area (Å²) in [6.07, 6.45) is 3.03. The minimum atomic E-state index is 0.273. The van der Waals surface area contributed by atoms with Crippen LogP contribution in [0.1, 0.15) is 26.3 Å². The molecular weight excluding hydrogens is 302 g/mol. The van der Waals surface area contributed by atoms with Crippen LogP contribution in [0.4, 0.5) is 0 Å². The Balaban J connectivity index is 2.03. The lowest BCUT2D eigenvalue weighted by Gasteiger charge is -2.20. The molecule has 1 nitrogen and oxygen atoms in total. The Labute approximate surface area is 147 Å². The van der Waals surface area contributed by atoms with E-state index in [-0.39, 0.29) is 5.41 Å². The van der Waals surface area contributed by atoms with E-state index in [0.29, 0.717) is 0 Å². The average Bonchev–Trinajstić information content (AvgIpc) is 2.57. The van der Waals surface area contributed by atoms with Gasteiger partial charge in [0.05, 0.1) is 5.52 Å². The summed E-state index contributed by atoms with van der Waals surface area (Å²) in [5.74, 6) is 0. The van der Waals surface area contributed by atoms with Crippen LogP contribution in [0, 0.1) is 5.41 Å². The second kappa shape index (κ2) is 4.92. The minimum Gasteiger partial charge on any atom is -0.256 e. The van der Waals surface area contributed by atoms with Crippen molar-refractivity contribution in [3.63, 3.8) is 0 Å². The Morgan fingerprint density at radius 1 is 0.760 bits per heavy atom. The van der Waals surface area contributed by atoms with Gasteiger partial charge < -0.3 is 0 Å². The number of hydrogen-bond donors (Lipinski definition) is 0. The number of aromatic nitrogens is 1. The SMILES string of the molecule is CC(C)(C)Cc1cc2ccnc3c4cccc5cccc(c(c1)c23)c54. The maximum atomic E-state index is 4.77. The summed E-state index contributed by atoms with van der Waals surface area (Å²) in [6.45, 7) is 6.91. The molecule has 0 bridgehead atoms. The zero-order chi connectivity index (χ0) is 17.2. The molecule has 0 radical (unpaired) electrons. The van der Waals surface area contributed by atoms with Crippen LogP contribution in [-0.4, -0.2) is 4.98 Å². The average molecular weight is 323 g/mol. The van der Waals surface area contributed by atoms with Crippen molar-refractivity contribution in [1.82, 2.24) is 4.98 Å². The molecule has 0 unspecified atom stereocenters. The number of rotatable bonds is 1. The van der Waals surface area contributed by atoms with Gasteiger partial charge in [-0.1, -0.05) is 69.3 Å². The van der Waals surface area contributed by atoms with Crippen molar-refractivity contribution < 1.29 is 0 Å². The lowest BCUT2D eigenvalue weighted by molar-refractivity contribution is 0.411. The maximum Gasteiger partial charge on any atom is 0.0792 e. The van der Waals surface area contributed by atoms with Gasteiger partial charge in [-0.15, -0.1) is 0 Å². The summed E-state index contributed by atoms with van der Waals surface area (Å²) in [4.78, 5) is 4.77. The second-order valence-corrected chi connectivity index (χ2v) is 8.35. The molecule has 4 aromatic carbocycles. The first-order chi connectivity index (χ1) is 12.0. The first-order valence-corrected chi connectivity index (χ1v) is 8.95. The molecule has 0 saturated carbocycles. The van der Waals surface area contributed by atoms with E-state index in [1.54, 1.807) is 0 Å². The molecule has 1 heterocycles. The summed E-state index contributed by atoms with van der Waals surface area (Å²) in [6, 6.07) is 20.1. The highest BCUT2D eigenvalue weighted by Gasteiger charge is 2.16. The largest absolute Gasteiger partial charge is 0.256 e. The Bertz CT molecular complexity index is 1240. The van der Waals surface area contributed by atoms with Crippen LogP contribution in [0.15, 0.2) is 60.8 Å².